The zero-order valence-electron chi connectivity index (χ0n) is 3.33. The molecule has 0 aliphatic heterocycles. The van der Waals surface area contributed by atoms with E-state index in [9.17, 15) is 13.6 Å². The maximum Gasteiger partial charge on any atom is 0.419 e. The highest BCUT2D eigenvalue weighted by Crippen LogP contribution is 2.20. The van der Waals surface area contributed by atoms with Gasteiger partial charge in [-0.2, -0.15) is 8.78 Å². The molecule has 0 amide bonds. The van der Waals surface area contributed by atoms with E-state index in [1.165, 1.54) is 0 Å². The van der Waals surface area contributed by atoms with Gasteiger partial charge in [-0.05, 0) is 11.6 Å². The maximum atomic E-state index is 11.3. The van der Waals surface area contributed by atoms with Crippen molar-refractivity contribution in [2.75, 3.05) is 0 Å². The van der Waals surface area contributed by atoms with Crippen LogP contribution in [-0.2, 0) is 9.08 Å². The van der Waals surface area contributed by atoms with E-state index in [0.717, 1.165) is 0 Å². The van der Waals surface area contributed by atoms with Gasteiger partial charge in [0.2, 0.25) is 0 Å². The summed E-state index contributed by atoms with van der Waals surface area (Å²) in [4.78, 5) is 9.60. The van der Waals surface area contributed by atoms with Crippen LogP contribution in [0.15, 0.2) is 0 Å². The second-order valence-corrected chi connectivity index (χ2v) is 1.49. The molecule has 2 nitrogen and oxygen atoms in total. The van der Waals surface area contributed by atoms with Crippen molar-refractivity contribution >= 4 is 29.4 Å². The van der Waals surface area contributed by atoms with Crippen LogP contribution in [0.1, 0.15) is 0 Å². The van der Waals surface area contributed by atoms with Crippen molar-refractivity contribution in [3.05, 3.63) is 0 Å². The van der Waals surface area contributed by atoms with Crippen molar-refractivity contribution in [3.8, 4) is 0 Å². The fraction of sp³-hybridized carbons (Fsp3) is 0.500. The quantitative estimate of drug-likeness (QED) is 0.550. The highest BCUT2D eigenvalue weighted by atomic mass is 35.5. The van der Waals surface area contributed by atoms with Crippen LogP contribution in [0.5, 0.6) is 0 Å². The molecular weight excluding hydrogens is 165 g/mol. The Balaban J connectivity index is 3.82. The highest BCUT2D eigenvalue weighted by Gasteiger charge is 2.38. The molecule has 8 heavy (non-hydrogen) atoms. The van der Waals surface area contributed by atoms with Gasteiger partial charge in [0.1, 0.15) is 11.9 Å². The number of hydrogen-bond donors (Lipinski definition) is 0. The first-order valence-corrected chi connectivity index (χ1v) is 2.07. The van der Waals surface area contributed by atoms with Crippen LogP contribution in [0.3, 0.4) is 0 Å². The number of hydrogen-bond acceptors (Lipinski definition) is 2. The van der Waals surface area contributed by atoms with Gasteiger partial charge in [0.15, 0.2) is 0 Å². The lowest BCUT2D eigenvalue weighted by atomic mass is 10.7. The summed E-state index contributed by atoms with van der Waals surface area (Å²) in [7, 11) is 0. The Labute approximate surface area is 53.5 Å². The second kappa shape index (κ2) is 2.46. The molecule has 0 saturated heterocycles. The average molecular weight is 165 g/mol. The standard InChI is InChI=1S/C2Cl2F2O2/c3-2(5,6)1(7)8-4. The first kappa shape index (κ1) is 7.91. The molecule has 0 N–H and O–H groups in total. The Hall–Kier alpha value is -0.0900. The van der Waals surface area contributed by atoms with Crippen LogP contribution < -0.4 is 0 Å². The van der Waals surface area contributed by atoms with Gasteiger partial charge in [0.05, 0.1) is 0 Å². The lowest BCUT2D eigenvalue weighted by Crippen LogP contribution is -2.20. The summed E-state index contributed by atoms with van der Waals surface area (Å²) in [5.41, 5.74) is 0. The van der Waals surface area contributed by atoms with Gasteiger partial charge < -0.3 is 4.29 Å². The maximum absolute atomic E-state index is 11.3. The number of carbonyl (C=O) groups excluding carboxylic acids is 1. The summed E-state index contributed by atoms with van der Waals surface area (Å²) in [6, 6.07) is 0. The summed E-state index contributed by atoms with van der Waals surface area (Å²) in [5.74, 6) is -1.97. The molecule has 0 atom stereocenters. The van der Waals surface area contributed by atoms with Gasteiger partial charge in [0.25, 0.3) is 0 Å². The van der Waals surface area contributed by atoms with Crippen LogP contribution in [0.2, 0.25) is 0 Å². The van der Waals surface area contributed by atoms with Crippen molar-refractivity contribution in [3.63, 3.8) is 0 Å². The summed E-state index contributed by atoms with van der Waals surface area (Å²) in [5, 5.41) is -4.01. The third-order valence-electron chi connectivity index (χ3n) is 0.302. The van der Waals surface area contributed by atoms with E-state index >= 15 is 0 Å². The van der Waals surface area contributed by atoms with Gasteiger partial charge in [-0.15, -0.1) is 0 Å². The Bertz CT molecular complexity index is 98.7. The lowest BCUT2D eigenvalue weighted by Gasteiger charge is -1.99. The molecule has 0 aliphatic carbocycles. The SMILES string of the molecule is O=C(OCl)C(F)(F)Cl. The van der Waals surface area contributed by atoms with Gasteiger partial charge >= 0.3 is 11.4 Å². The molecule has 0 fully saturated rings. The number of halogens is 4. The van der Waals surface area contributed by atoms with E-state index < -0.39 is 11.4 Å². The normalized spacial score (nSPS) is 11.0. The van der Waals surface area contributed by atoms with Crippen molar-refractivity contribution in [2.45, 2.75) is 5.38 Å². The minimum absolute atomic E-state index is 1.97. The molecule has 0 spiro atoms. The number of alkyl halides is 3. The van der Waals surface area contributed by atoms with Crippen molar-refractivity contribution < 1.29 is 17.9 Å². The first-order chi connectivity index (χ1) is 3.48. The van der Waals surface area contributed by atoms with Gasteiger partial charge in [0, 0.05) is 0 Å². The molecular formula is C2Cl2F2O2. The summed E-state index contributed by atoms with van der Waals surface area (Å²) in [6.45, 7) is 0. The fourth-order valence-electron chi connectivity index (χ4n) is 0.0437. The van der Waals surface area contributed by atoms with E-state index in [4.69, 9.17) is 0 Å². The molecule has 0 rings (SSSR count). The smallest absolute Gasteiger partial charge is 0.341 e. The Kier molecular flexibility index (Phi) is 2.43. The zero-order chi connectivity index (χ0) is 6.78. The predicted octanol–water partition coefficient (Wildman–Crippen LogP) is 1.52. The third-order valence-corrected chi connectivity index (χ3v) is 0.596. The molecule has 0 saturated carbocycles. The molecule has 0 aliphatic rings. The van der Waals surface area contributed by atoms with Crippen LogP contribution in [0.25, 0.3) is 0 Å². The van der Waals surface area contributed by atoms with Gasteiger partial charge in [-0.3, -0.25) is 0 Å². The van der Waals surface area contributed by atoms with E-state index in [0.29, 0.717) is 0 Å². The molecule has 0 unspecified atom stereocenters. The van der Waals surface area contributed by atoms with Crippen LogP contribution in [-0.4, -0.2) is 11.4 Å². The Morgan fingerprint density at radius 1 is 1.62 bits per heavy atom. The van der Waals surface area contributed by atoms with E-state index in [1.807, 2.05) is 0 Å². The van der Waals surface area contributed by atoms with Crippen molar-refractivity contribution in [2.24, 2.45) is 0 Å². The minimum Gasteiger partial charge on any atom is -0.341 e. The summed E-state index contributed by atoms with van der Waals surface area (Å²) >= 11 is 8.31. The lowest BCUT2D eigenvalue weighted by molar-refractivity contribution is -0.150. The van der Waals surface area contributed by atoms with Gasteiger partial charge in [-0.1, -0.05) is 0 Å². The molecule has 48 valence electrons. The predicted molar refractivity (Wildman–Crippen MR) is 22.7 cm³/mol. The molecule has 0 aromatic carbocycles. The van der Waals surface area contributed by atoms with E-state index in [1.54, 1.807) is 0 Å². The molecule has 0 aromatic heterocycles. The molecule has 0 bridgehead atoms. The second-order valence-electron chi connectivity index (χ2n) is 0.862. The Morgan fingerprint density at radius 3 is 2.00 bits per heavy atom. The largest absolute Gasteiger partial charge is 0.419 e. The van der Waals surface area contributed by atoms with Crippen LogP contribution in [0, 0.1) is 0 Å². The monoisotopic (exact) mass is 164 g/mol. The summed E-state index contributed by atoms with van der Waals surface area (Å²) < 4.78 is 25.7. The minimum atomic E-state index is -4.01. The van der Waals surface area contributed by atoms with E-state index in [-0.39, 0.29) is 0 Å². The molecule has 0 radical (unpaired) electrons. The number of carbonyl (C=O) groups is 1. The van der Waals surface area contributed by atoms with E-state index in [2.05, 4.69) is 27.8 Å². The van der Waals surface area contributed by atoms with Crippen LogP contribution in [0.4, 0.5) is 8.78 Å². The zero-order valence-corrected chi connectivity index (χ0v) is 4.84. The van der Waals surface area contributed by atoms with Crippen molar-refractivity contribution in [1.82, 2.24) is 0 Å². The first-order valence-electron chi connectivity index (χ1n) is 1.38. The average Bonchev–Trinajstić information content (AvgIpc) is 1.62. The summed E-state index contributed by atoms with van der Waals surface area (Å²) in [6.07, 6.45) is 0. The molecule has 6 heteroatoms. The fourth-order valence-corrected chi connectivity index (χ4v) is 0.219. The van der Waals surface area contributed by atoms with Crippen LogP contribution >= 0.6 is 23.5 Å². The Morgan fingerprint density at radius 2 is 2.00 bits per heavy atom. The van der Waals surface area contributed by atoms with Gasteiger partial charge in [-0.25, -0.2) is 4.79 Å². The highest BCUT2D eigenvalue weighted by molar-refractivity contribution is 6.33. The third kappa shape index (κ3) is 2.28. The van der Waals surface area contributed by atoms with Crippen molar-refractivity contribution in [1.29, 1.82) is 0 Å². The number of rotatable bonds is 1. The topological polar surface area (TPSA) is 26.3 Å². The molecule has 0 heterocycles. The molecule has 0 aromatic rings.